The third kappa shape index (κ3) is 2.53. The van der Waals surface area contributed by atoms with Gasteiger partial charge in [-0.25, -0.2) is 0 Å². The van der Waals surface area contributed by atoms with Crippen LogP contribution in [0.2, 0.25) is 0 Å². The molecule has 92 valence electrons. The molecule has 0 aromatic carbocycles. The number of carbonyl (C=O) groups is 1. The Hall–Kier alpha value is -0.870. The largest absolute Gasteiger partial charge is 0.381 e. The van der Waals surface area contributed by atoms with Crippen molar-refractivity contribution in [3.8, 4) is 0 Å². The Morgan fingerprint density at radius 1 is 1.47 bits per heavy atom. The summed E-state index contributed by atoms with van der Waals surface area (Å²) >= 11 is 1.59. The zero-order chi connectivity index (χ0) is 11.7. The van der Waals surface area contributed by atoms with E-state index in [9.17, 15) is 4.79 Å². The minimum Gasteiger partial charge on any atom is -0.381 e. The van der Waals surface area contributed by atoms with E-state index >= 15 is 0 Å². The fraction of sp³-hybridized carbons (Fsp3) is 0.615. The topological polar surface area (TPSA) is 29.5 Å². The average Bonchev–Trinajstić information content (AvgIpc) is 2.86. The Kier molecular flexibility index (Phi) is 3.16. The number of ether oxygens (including phenoxy) is 1. The molecule has 3 nitrogen and oxygen atoms in total. The van der Waals surface area contributed by atoms with Crippen molar-refractivity contribution in [3.05, 3.63) is 22.4 Å². The van der Waals surface area contributed by atoms with Gasteiger partial charge in [-0.2, -0.15) is 11.3 Å². The first-order valence-electron chi connectivity index (χ1n) is 6.25. The molecule has 0 N–H and O–H groups in total. The van der Waals surface area contributed by atoms with Gasteiger partial charge in [0.05, 0.1) is 12.2 Å². The molecule has 1 aromatic rings. The van der Waals surface area contributed by atoms with Crippen molar-refractivity contribution >= 4 is 17.2 Å². The molecule has 4 heteroatoms. The van der Waals surface area contributed by atoms with Crippen molar-refractivity contribution < 1.29 is 9.53 Å². The van der Waals surface area contributed by atoms with E-state index in [1.54, 1.807) is 11.3 Å². The van der Waals surface area contributed by atoms with E-state index in [2.05, 4.69) is 4.90 Å². The van der Waals surface area contributed by atoms with Gasteiger partial charge in [-0.3, -0.25) is 4.79 Å². The fourth-order valence-corrected chi connectivity index (χ4v) is 2.97. The lowest BCUT2D eigenvalue weighted by Gasteiger charge is -2.24. The van der Waals surface area contributed by atoms with Crippen molar-refractivity contribution in [1.29, 1.82) is 0 Å². The summed E-state index contributed by atoms with van der Waals surface area (Å²) in [6, 6.07) is 2.41. The number of thiophene rings is 1. The van der Waals surface area contributed by atoms with E-state index in [0.29, 0.717) is 12.0 Å². The lowest BCUT2D eigenvalue weighted by Crippen LogP contribution is -2.37. The Labute approximate surface area is 105 Å². The Morgan fingerprint density at radius 3 is 2.94 bits per heavy atom. The number of rotatable bonds is 4. The molecule has 1 aliphatic heterocycles. The average molecular weight is 251 g/mol. The molecule has 2 fully saturated rings. The zero-order valence-corrected chi connectivity index (χ0v) is 10.6. The van der Waals surface area contributed by atoms with Crippen LogP contribution in [0.15, 0.2) is 16.8 Å². The highest BCUT2D eigenvalue weighted by Crippen LogP contribution is 2.30. The molecule has 1 amide bonds. The highest BCUT2D eigenvalue weighted by Gasteiger charge is 2.35. The molecule has 0 radical (unpaired) electrons. The minimum atomic E-state index is 0.209. The van der Waals surface area contributed by atoms with Crippen LogP contribution in [0, 0.1) is 5.92 Å². The summed E-state index contributed by atoms with van der Waals surface area (Å²) in [5.74, 6) is 0.749. The highest BCUT2D eigenvalue weighted by atomic mass is 32.1. The zero-order valence-electron chi connectivity index (χ0n) is 9.80. The number of hydrogen-bond acceptors (Lipinski definition) is 3. The predicted octanol–water partition coefficient (Wildman–Crippen LogP) is 2.39. The van der Waals surface area contributed by atoms with Gasteiger partial charge in [-0.1, -0.05) is 0 Å². The summed E-state index contributed by atoms with van der Waals surface area (Å²) in [4.78, 5) is 14.4. The Balaban J connectivity index is 1.69. The van der Waals surface area contributed by atoms with Crippen LogP contribution in [0.25, 0.3) is 0 Å². The Bertz CT molecular complexity index is 380. The second kappa shape index (κ2) is 4.78. The molecular weight excluding hydrogens is 234 g/mol. The third-order valence-corrected chi connectivity index (χ3v) is 4.18. The lowest BCUT2D eigenvalue weighted by molar-refractivity contribution is 0.0707. The van der Waals surface area contributed by atoms with E-state index in [1.165, 1.54) is 12.8 Å². The van der Waals surface area contributed by atoms with Crippen molar-refractivity contribution in [2.24, 2.45) is 5.92 Å². The quantitative estimate of drug-likeness (QED) is 0.822. The summed E-state index contributed by atoms with van der Waals surface area (Å²) < 4.78 is 5.39. The van der Waals surface area contributed by atoms with Crippen molar-refractivity contribution in [1.82, 2.24) is 4.90 Å². The van der Waals surface area contributed by atoms with Crippen LogP contribution in [-0.2, 0) is 4.74 Å². The Morgan fingerprint density at radius 2 is 2.35 bits per heavy atom. The van der Waals surface area contributed by atoms with Crippen molar-refractivity contribution in [2.75, 3.05) is 19.8 Å². The molecule has 3 rings (SSSR count). The molecule has 1 aliphatic carbocycles. The number of carbonyl (C=O) groups excluding carboxylic acids is 1. The molecule has 0 bridgehead atoms. The maximum atomic E-state index is 12.4. The van der Waals surface area contributed by atoms with E-state index < -0.39 is 0 Å². The van der Waals surface area contributed by atoms with Crippen LogP contribution in [-0.4, -0.2) is 36.6 Å². The smallest absolute Gasteiger partial charge is 0.254 e. The summed E-state index contributed by atoms with van der Waals surface area (Å²) in [7, 11) is 0. The van der Waals surface area contributed by atoms with Crippen LogP contribution in [0.1, 0.15) is 29.6 Å². The monoisotopic (exact) mass is 251 g/mol. The molecule has 17 heavy (non-hydrogen) atoms. The predicted molar refractivity (Wildman–Crippen MR) is 67.3 cm³/mol. The maximum absolute atomic E-state index is 12.4. The molecule has 1 atom stereocenters. The first-order valence-corrected chi connectivity index (χ1v) is 7.20. The van der Waals surface area contributed by atoms with Crippen molar-refractivity contribution in [2.45, 2.75) is 25.3 Å². The number of amides is 1. The maximum Gasteiger partial charge on any atom is 0.254 e. The van der Waals surface area contributed by atoms with Crippen LogP contribution in [0.5, 0.6) is 0 Å². The van der Waals surface area contributed by atoms with Gasteiger partial charge in [0.1, 0.15) is 0 Å². The summed E-state index contributed by atoms with van der Waals surface area (Å²) in [6.45, 7) is 2.55. The van der Waals surface area contributed by atoms with E-state index in [4.69, 9.17) is 4.74 Å². The summed E-state index contributed by atoms with van der Waals surface area (Å²) in [5.41, 5.74) is 0.848. The van der Waals surface area contributed by atoms with E-state index in [0.717, 1.165) is 31.7 Å². The van der Waals surface area contributed by atoms with Gasteiger partial charge in [0.15, 0.2) is 0 Å². The molecule has 1 saturated heterocycles. The van der Waals surface area contributed by atoms with Gasteiger partial charge < -0.3 is 9.64 Å². The SMILES string of the molecule is O=C(c1ccsc1)N(C[C@H]1CCOC1)C1CC1. The van der Waals surface area contributed by atoms with Crippen LogP contribution in [0.4, 0.5) is 0 Å². The number of nitrogens with zero attached hydrogens (tertiary/aromatic N) is 1. The second-order valence-electron chi connectivity index (χ2n) is 4.93. The number of hydrogen-bond donors (Lipinski definition) is 0. The molecule has 1 aromatic heterocycles. The molecule has 2 aliphatic rings. The highest BCUT2D eigenvalue weighted by molar-refractivity contribution is 7.08. The van der Waals surface area contributed by atoms with Crippen LogP contribution < -0.4 is 0 Å². The van der Waals surface area contributed by atoms with Gasteiger partial charge in [0, 0.05) is 30.5 Å². The summed E-state index contributed by atoms with van der Waals surface area (Å²) in [5, 5.41) is 3.92. The first-order chi connectivity index (χ1) is 8.34. The molecule has 1 saturated carbocycles. The fourth-order valence-electron chi connectivity index (χ4n) is 2.34. The second-order valence-corrected chi connectivity index (χ2v) is 5.71. The van der Waals surface area contributed by atoms with Gasteiger partial charge in [-0.15, -0.1) is 0 Å². The normalized spacial score (nSPS) is 23.9. The lowest BCUT2D eigenvalue weighted by atomic mass is 10.1. The van der Waals surface area contributed by atoms with Crippen LogP contribution >= 0.6 is 11.3 Å². The van der Waals surface area contributed by atoms with Crippen LogP contribution in [0.3, 0.4) is 0 Å². The molecule has 0 spiro atoms. The van der Waals surface area contributed by atoms with Gasteiger partial charge in [-0.05, 0) is 30.7 Å². The third-order valence-electron chi connectivity index (χ3n) is 3.50. The van der Waals surface area contributed by atoms with Gasteiger partial charge in [0.25, 0.3) is 5.91 Å². The molecule has 2 heterocycles. The van der Waals surface area contributed by atoms with E-state index in [-0.39, 0.29) is 5.91 Å². The van der Waals surface area contributed by atoms with Gasteiger partial charge in [0.2, 0.25) is 0 Å². The van der Waals surface area contributed by atoms with Gasteiger partial charge >= 0.3 is 0 Å². The van der Waals surface area contributed by atoms with Crippen molar-refractivity contribution in [3.63, 3.8) is 0 Å². The van der Waals surface area contributed by atoms with E-state index in [1.807, 2.05) is 16.8 Å². The molecule has 0 unspecified atom stereocenters. The minimum absolute atomic E-state index is 0.209. The molecular formula is C13H17NO2S. The first kappa shape index (κ1) is 11.2. The standard InChI is InChI=1S/C13H17NO2S/c15-13(11-4-6-17-9-11)14(12-1-2-12)7-10-3-5-16-8-10/h4,6,9-10,12H,1-3,5,7-8H2/t10-/m1/s1. The summed E-state index contributed by atoms with van der Waals surface area (Å²) in [6.07, 6.45) is 3.44.